The van der Waals surface area contributed by atoms with E-state index in [1.807, 2.05) is 0 Å². The van der Waals surface area contributed by atoms with E-state index in [4.69, 9.17) is 4.42 Å². The van der Waals surface area contributed by atoms with Crippen molar-refractivity contribution in [2.45, 2.75) is 50.0 Å². The number of aromatic nitrogens is 3. The van der Waals surface area contributed by atoms with Crippen LogP contribution in [0.25, 0.3) is 11.6 Å². The Kier molecular flexibility index (Phi) is 3.81. The van der Waals surface area contributed by atoms with Gasteiger partial charge in [-0.1, -0.05) is 19.3 Å². The smallest absolute Gasteiger partial charge is 0.264 e. The van der Waals surface area contributed by atoms with Crippen LogP contribution in [0, 0.1) is 6.92 Å². The molecule has 0 saturated heterocycles. The van der Waals surface area contributed by atoms with Crippen LogP contribution in [0.4, 0.5) is 0 Å². The van der Waals surface area contributed by atoms with E-state index in [-0.39, 0.29) is 16.8 Å². The predicted octanol–water partition coefficient (Wildman–Crippen LogP) is 1.98. The van der Waals surface area contributed by atoms with E-state index in [1.165, 1.54) is 18.7 Å². The van der Waals surface area contributed by atoms with Gasteiger partial charge in [0.25, 0.3) is 5.89 Å². The summed E-state index contributed by atoms with van der Waals surface area (Å²) in [7, 11) is -3.51. The Morgan fingerprint density at radius 2 is 2.05 bits per heavy atom. The first-order chi connectivity index (χ1) is 10.0. The molecule has 2 aromatic heterocycles. The van der Waals surface area contributed by atoms with Crippen LogP contribution < -0.4 is 4.72 Å². The van der Waals surface area contributed by atoms with Crippen LogP contribution in [0.3, 0.4) is 0 Å². The zero-order chi connectivity index (χ0) is 14.9. The van der Waals surface area contributed by atoms with Crippen molar-refractivity contribution in [3.63, 3.8) is 0 Å². The van der Waals surface area contributed by atoms with Crippen molar-refractivity contribution < 1.29 is 12.8 Å². The first kappa shape index (κ1) is 14.3. The van der Waals surface area contributed by atoms with Crippen molar-refractivity contribution in [1.82, 2.24) is 19.9 Å². The molecule has 0 aromatic carbocycles. The number of nitrogens with zero attached hydrogens (tertiary/aromatic N) is 2. The van der Waals surface area contributed by atoms with Gasteiger partial charge in [0.1, 0.15) is 10.6 Å². The number of hydrogen-bond donors (Lipinski definition) is 2. The molecule has 0 radical (unpaired) electrons. The molecule has 2 aromatic rings. The van der Waals surface area contributed by atoms with Gasteiger partial charge in [-0.25, -0.2) is 13.1 Å². The fourth-order valence-corrected chi connectivity index (χ4v) is 3.86. The lowest BCUT2D eigenvalue weighted by molar-refractivity contribution is 0.412. The predicted molar refractivity (Wildman–Crippen MR) is 76.0 cm³/mol. The van der Waals surface area contributed by atoms with Crippen LogP contribution in [0.2, 0.25) is 0 Å². The summed E-state index contributed by atoms with van der Waals surface area (Å²) in [6, 6.07) is 1.55. The van der Waals surface area contributed by atoms with Gasteiger partial charge in [-0.2, -0.15) is 0 Å². The number of nitrogens with one attached hydrogen (secondary N) is 2. The first-order valence-corrected chi connectivity index (χ1v) is 8.54. The molecule has 3 rings (SSSR count). The quantitative estimate of drug-likeness (QED) is 0.899. The Bertz CT molecular complexity index is 713. The third kappa shape index (κ3) is 3.16. The second-order valence-electron chi connectivity index (χ2n) is 5.33. The molecule has 114 valence electrons. The normalized spacial score (nSPS) is 17.2. The molecular weight excluding hydrogens is 292 g/mol. The first-order valence-electron chi connectivity index (χ1n) is 7.06. The second kappa shape index (κ2) is 5.61. The lowest BCUT2D eigenvalue weighted by Gasteiger charge is -2.22. The molecule has 2 heterocycles. The third-order valence-electron chi connectivity index (χ3n) is 3.65. The highest BCUT2D eigenvalue weighted by molar-refractivity contribution is 7.89. The average Bonchev–Trinajstić information content (AvgIpc) is 3.08. The molecule has 0 aliphatic heterocycles. The minimum Gasteiger partial charge on any atom is -0.420 e. The summed E-state index contributed by atoms with van der Waals surface area (Å²) in [6.07, 6.45) is 6.58. The number of aromatic amines is 1. The van der Waals surface area contributed by atoms with Gasteiger partial charge in [-0.15, -0.1) is 10.2 Å². The summed E-state index contributed by atoms with van der Waals surface area (Å²) in [6.45, 7) is 1.68. The third-order valence-corrected chi connectivity index (χ3v) is 5.15. The van der Waals surface area contributed by atoms with Crippen molar-refractivity contribution in [3.05, 3.63) is 18.2 Å². The monoisotopic (exact) mass is 310 g/mol. The van der Waals surface area contributed by atoms with Crippen LogP contribution in [0.1, 0.15) is 38.0 Å². The largest absolute Gasteiger partial charge is 0.420 e. The van der Waals surface area contributed by atoms with Gasteiger partial charge < -0.3 is 9.40 Å². The number of rotatable bonds is 4. The summed E-state index contributed by atoms with van der Waals surface area (Å²) in [4.78, 5) is 3.06. The summed E-state index contributed by atoms with van der Waals surface area (Å²) in [5, 5.41) is 7.59. The molecule has 1 aliphatic rings. The zero-order valence-corrected chi connectivity index (χ0v) is 12.6. The standard InChI is InChI=1S/C13H18N4O3S/c1-9-15-16-13(20-9)12-7-11(8-14-12)21(18,19)17-10-5-3-2-4-6-10/h7-8,10,14,17H,2-6H2,1H3. The minimum atomic E-state index is -3.51. The van der Waals surface area contributed by atoms with Gasteiger partial charge in [0.05, 0.1) is 0 Å². The minimum absolute atomic E-state index is 0.0350. The van der Waals surface area contributed by atoms with E-state index < -0.39 is 10.0 Å². The Labute approximate surface area is 123 Å². The van der Waals surface area contributed by atoms with Gasteiger partial charge in [-0.3, -0.25) is 0 Å². The highest BCUT2D eigenvalue weighted by atomic mass is 32.2. The number of aryl methyl sites for hydroxylation is 1. The Balaban J connectivity index is 1.78. The van der Waals surface area contributed by atoms with Crippen LogP contribution in [0.5, 0.6) is 0 Å². The Morgan fingerprint density at radius 3 is 2.71 bits per heavy atom. The fourth-order valence-electron chi connectivity index (χ4n) is 2.57. The van der Waals surface area contributed by atoms with Crippen LogP contribution in [-0.4, -0.2) is 29.6 Å². The maximum atomic E-state index is 12.4. The number of H-pyrrole nitrogens is 1. The molecule has 1 aliphatic carbocycles. The van der Waals surface area contributed by atoms with E-state index in [0.717, 1.165) is 25.7 Å². The molecule has 0 unspecified atom stereocenters. The Morgan fingerprint density at radius 1 is 1.29 bits per heavy atom. The lowest BCUT2D eigenvalue weighted by Crippen LogP contribution is -2.35. The number of hydrogen-bond acceptors (Lipinski definition) is 5. The van der Waals surface area contributed by atoms with Crippen LogP contribution in [-0.2, 0) is 10.0 Å². The van der Waals surface area contributed by atoms with Crippen molar-refractivity contribution in [3.8, 4) is 11.6 Å². The van der Waals surface area contributed by atoms with E-state index in [9.17, 15) is 8.42 Å². The van der Waals surface area contributed by atoms with E-state index >= 15 is 0 Å². The van der Waals surface area contributed by atoms with Crippen molar-refractivity contribution in [1.29, 1.82) is 0 Å². The zero-order valence-electron chi connectivity index (χ0n) is 11.8. The molecule has 8 heteroatoms. The summed E-state index contributed by atoms with van der Waals surface area (Å²) < 4.78 is 32.7. The van der Waals surface area contributed by atoms with Crippen molar-refractivity contribution in [2.75, 3.05) is 0 Å². The maximum absolute atomic E-state index is 12.4. The van der Waals surface area contributed by atoms with Crippen LogP contribution in [0.15, 0.2) is 21.6 Å². The highest BCUT2D eigenvalue weighted by Crippen LogP contribution is 2.23. The molecule has 7 nitrogen and oxygen atoms in total. The maximum Gasteiger partial charge on any atom is 0.264 e. The van der Waals surface area contributed by atoms with Gasteiger partial charge in [-0.05, 0) is 18.9 Å². The summed E-state index contributed by atoms with van der Waals surface area (Å²) in [5.41, 5.74) is 0.500. The average molecular weight is 310 g/mol. The SMILES string of the molecule is Cc1nnc(-c2cc(S(=O)(=O)NC3CCCCC3)c[nH]2)o1. The molecule has 0 atom stereocenters. The molecular formula is C13H18N4O3S. The van der Waals surface area contributed by atoms with Gasteiger partial charge in [0.15, 0.2) is 0 Å². The molecule has 0 spiro atoms. The van der Waals surface area contributed by atoms with Gasteiger partial charge in [0.2, 0.25) is 15.9 Å². The molecule has 2 N–H and O–H groups in total. The molecule has 1 saturated carbocycles. The van der Waals surface area contributed by atoms with Crippen LogP contribution >= 0.6 is 0 Å². The van der Waals surface area contributed by atoms with Gasteiger partial charge >= 0.3 is 0 Å². The lowest BCUT2D eigenvalue weighted by atomic mass is 9.96. The second-order valence-corrected chi connectivity index (χ2v) is 7.05. The van der Waals surface area contributed by atoms with E-state index in [0.29, 0.717) is 11.6 Å². The fraction of sp³-hybridized carbons (Fsp3) is 0.538. The topological polar surface area (TPSA) is 101 Å². The molecule has 0 bridgehead atoms. The summed E-state index contributed by atoms with van der Waals surface area (Å²) in [5.74, 6) is 0.718. The molecule has 21 heavy (non-hydrogen) atoms. The van der Waals surface area contributed by atoms with Crippen molar-refractivity contribution >= 4 is 10.0 Å². The van der Waals surface area contributed by atoms with Crippen molar-refractivity contribution in [2.24, 2.45) is 0 Å². The van der Waals surface area contributed by atoms with E-state index in [1.54, 1.807) is 6.92 Å². The molecule has 0 amide bonds. The number of sulfonamides is 1. The Hall–Kier alpha value is -1.67. The highest BCUT2D eigenvalue weighted by Gasteiger charge is 2.23. The van der Waals surface area contributed by atoms with E-state index in [2.05, 4.69) is 19.9 Å². The molecule has 1 fully saturated rings. The summed E-state index contributed by atoms with van der Waals surface area (Å²) >= 11 is 0. The van der Waals surface area contributed by atoms with Gasteiger partial charge in [0, 0.05) is 19.2 Å².